The number of hydrogen-bond acceptors (Lipinski definition) is 4. The number of rotatable bonds is 5. The quantitative estimate of drug-likeness (QED) is 0.781. The van der Waals surface area contributed by atoms with Crippen LogP contribution in [0.1, 0.15) is 45.2 Å². The topological polar surface area (TPSA) is 55.7 Å². The lowest BCUT2D eigenvalue weighted by atomic mass is 9.94. The van der Waals surface area contributed by atoms with Crippen LogP contribution >= 0.6 is 0 Å². The van der Waals surface area contributed by atoms with Crippen molar-refractivity contribution in [1.82, 2.24) is 10.2 Å². The standard InChI is InChI=1S/C17H28N2O2/c1-12(2)19(11-14-7-9-18-10-8-14)13(3)17-15(20)5-4-6-16(17)21/h4-6,12-14,18,20-21H,7-11H2,1-3H3. The van der Waals surface area contributed by atoms with Gasteiger partial charge in [0.05, 0.1) is 5.56 Å². The Labute approximate surface area is 127 Å². The highest BCUT2D eigenvalue weighted by Crippen LogP contribution is 2.37. The number of piperidine rings is 1. The third-order valence-electron chi connectivity index (χ3n) is 4.57. The Morgan fingerprint density at radius 1 is 1.14 bits per heavy atom. The molecule has 0 aromatic heterocycles. The van der Waals surface area contributed by atoms with Crippen molar-refractivity contribution in [3.8, 4) is 11.5 Å². The minimum Gasteiger partial charge on any atom is -0.507 e. The van der Waals surface area contributed by atoms with E-state index < -0.39 is 0 Å². The van der Waals surface area contributed by atoms with E-state index in [2.05, 4.69) is 31.0 Å². The van der Waals surface area contributed by atoms with Gasteiger partial charge in [0.15, 0.2) is 0 Å². The number of phenolic OH excluding ortho intramolecular Hbond substituents is 2. The molecule has 1 heterocycles. The maximum absolute atomic E-state index is 10.1. The van der Waals surface area contributed by atoms with Crippen molar-refractivity contribution in [3.63, 3.8) is 0 Å². The molecule has 0 spiro atoms. The first-order chi connectivity index (χ1) is 10.0. The zero-order chi connectivity index (χ0) is 15.4. The van der Waals surface area contributed by atoms with Crippen LogP contribution in [-0.2, 0) is 0 Å². The van der Waals surface area contributed by atoms with Crippen LogP contribution in [0.4, 0.5) is 0 Å². The summed E-state index contributed by atoms with van der Waals surface area (Å²) in [4.78, 5) is 2.38. The first-order valence-corrected chi connectivity index (χ1v) is 7.98. The molecule has 1 aromatic carbocycles. The van der Waals surface area contributed by atoms with Gasteiger partial charge in [-0.3, -0.25) is 4.90 Å². The number of nitrogens with one attached hydrogen (secondary N) is 1. The molecule has 1 aliphatic rings. The summed E-state index contributed by atoms with van der Waals surface area (Å²) >= 11 is 0. The summed E-state index contributed by atoms with van der Waals surface area (Å²) in [5.74, 6) is 1.04. The van der Waals surface area contributed by atoms with Gasteiger partial charge in [-0.1, -0.05) is 6.07 Å². The van der Waals surface area contributed by atoms with Crippen LogP contribution in [0.25, 0.3) is 0 Å². The van der Waals surface area contributed by atoms with E-state index in [1.54, 1.807) is 18.2 Å². The van der Waals surface area contributed by atoms with Crippen molar-refractivity contribution in [2.45, 2.75) is 45.7 Å². The summed E-state index contributed by atoms with van der Waals surface area (Å²) in [6.07, 6.45) is 2.39. The van der Waals surface area contributed by atoms with Gasteiger partial charge in [0.1, 0.15) is 11.5 Å². The molecule has 1 atom stereocenters. The zero-order valence-electron chi connectivity index (χ0n) is 13.3. The summed E-state index contributed by atoms with van der Waals surface area (Å²) in [5, 5.41) is 23.6. The molecule has 3 N–H and O–H groups in total. The average Bonchev–Trinajstić information content (AvgIpc) is 2.45. The molecule has 0 bridgehead atoms. The molecular formula is C17H28N2O2. The molecule has 1 aromatic rings. The highest BCUT2D eigenvalue weighted by molar-refractivity contribution is 5.45. The van der Waals surface area contributed by atoms with Gasteiger partial charge in [-0.2, -0.15) is 0 Å². The van der Waals surface area contributed by atoms with Crippen molar-refractivity contribution < 1.29 is 10.2 Å². The van der Waals surface area contributed by atoms with Gasteiger partial charge in [0.25, 0.3) is 0 Å². The molecule has 0 saturated carbocycles. The smallest absolute Gasteiger partial charge is 0.124 e. The normalized spacial score (nSPS) is 18.3. The van der Waals surface area contributed by atoms with E-state index in [-0.39, 0.29) is 17.5 Å². The van der Waals surface area contributed by atoms with Crippen LogP contribution in [0.5, 0.6) is 11.5 Å². The number of nitrogens with zero attached hydrogens (tertiary/aromatic N) is 1. The van der Waals surface area contributed by atoms with Crippen LogP contribution in [0.2, 0.25) is 0 Å². The Hall–Kier alpha value is -1.26. The second-order valence-electron chi connectivity index (χ2n) is 6.37. The van der Waals surface area contributed by atoms with Crippen LogP contribution < -0.4 is 5.32 Å². The van der Waals surface area contributed by atoms with Gasteiger partial charge < -0.3 is 15.5 Å². The first-order valence-electron chi connectivity index (χ1n) is 7.98. The fourth-order valence-electron chi connectivity index (χ4n) is 3.31. The van der Waals surface area contributed by atoms with Crippen molar-refractivity contribution >= 4 is 0 Å². The molecular weight excluding hydrogens is 264 g/mol. The lowest BCUT2D eigenvalue weighted by Crippen LogP contribution is -2.40. The maximum Gasteiger partial charge on any atom is 0.124 e. The predicted octanol–water partition coefficient (Wildman–Crippen LogP) is 2.87. The lowest BCUT2D eigenvalue weighted by molar-refractivity contribution is 0.122. The number of hydrogen-bond donors (Lipinski definition) is 3. The Bertz CT molecular complexity index is 436. The molecule has 4 nitrogen and oxygen atoms in total. The first kappa shape index (κ1) is 16.1. The van der Waals surface area contributed by atoms with Gasteiger partial charge in [0.2, 0.25) is 0 Å². The van der Waals surface area contributed by atoms with Crippen LogP contribution in [0.3, 0.4) is 0 Å². The summed E-state index contributed by atoms with van der Waals surface area (Å²) in [6.45, 7) is 9.60. The number of aromatic hydroxyl groups is 2. The molecule has 0 radical (unpaired) electrons. The van der Waals surface area contributed by atoms with Crippen molar-refractivity contribution in [1.29, 1.82) is 0 Å². The molecule has 1 saturated heterocycles. The summed E-state index contributed by atoms with van der Waals surface area (Å²) in [5.41, 5.74) is 0.639. The highest BCUT2D eigenvalue weighted by atomic mass is 16.3. The van der Waals surface area contributed by atoms with Crippen LogP contribution in [-0.4, -0.2) is 40.8 Å². The van der Waals surface area contributed by atoms with E-state index in [1.807, 2.05) is 0 Å². The van der Waals surface area contributed by atoms with Crippen LogP contribution in [0, 0.1) is 5.92 Å². The summed E-state index contributed by atoms with van der Waals surface area (Å²) in [7, 11) is 0. The van der Waals surface area contributed by atoms with Crippen LogP contribution in [0.15, 0.2) is 18.2 Å². The minimum atomic E-state index is 0.00101. The summed E-state index contributed by atoms with van der Waals surface area (Å²) in [6, 6.07) is 5.34. The molecule has 0 amide bonds. The second kappa shape index (κ2) is 7.14. The Morgan fingerprint density at radius 3 is 2.24 bits per heavy atom. The predicted molar refractivity (Wildman–Crippen MR) is 85.6 cm³/mol. The Balaban J connectivity index is 2.16. The van der Waals surface area contributed by atoms with Gasteiger partial charge in [-0.05, 0) is 64.8 Å². The maximum atomic E-state index is 10.1. The van der Waals surface area contributed by atoms with E-state index in [4.69, 9.17) is 0 Å². The largest absolute Gasteiger partial charge is 0.507 e. The van der Waals surface area contributed by atoms with Crippen molar-refractivity contribution in [2.24, 2.45) is 5.92 Å². The fraction of sp³-hybridized carbons (Fsp3) is 0.647. The molecule has 118 valence electrons. The van der Waals surface area contributed by atoms with Crippen molar-refractivity contribution in [2.75, 3.05) is 19.6 Å². The fourth-order valence-corrected chi connectivity index (χ4v) is 3.31. The Kier molecular flexibility index (Phi) is 5.48. The second-order valence-corrected chi connectivity index (χ2v) is 6.37. The number of phenols is 2. The monoisotopic (exact) mass is 292 g/mol. The third-order valence-corrected chi connectivity index (χ3v) is 4.57. The van der Waals surface area contributed by atoms with Gasteiger partial charge in [-0.15, -0.1) is 0 Å². The molecule has 1 unspecified atom stereocenters. The minimum absolute atomic E-state index is 0.00101. The lowest BCUT2D eigenvalue weighted by Gasteiger charge is -2.37. The van der Waals surface area contributed by atoms with Crippen molar-refractivity contribution in [3.05, 3.63) is 23.8 Å². The zero-order valence-corrected chi connectivity index (χ0v) is 13.3. The SMILES string of the molecule is CC(C)N(CC1CCNCC1)C(C)c1c(O)cccc1O. The third kappa shape index (κ3) is 3.89. The molecule has 1 fully saturated rings. The molecule has 1 aliphatic heterocycles. The van der Waals surface area contributed by atoms with E-state index >= 15 is 0 Å². The van der Waals surface area contributed by atoms with Gasteiger partial charge >= 0.3 is 0 Å². The molecule has 21 heavy (non-hydrogen) atoms. The highest BCUT2D eigenvalue weighted by Gasteiger charge is 2.26. The van der Waals surface area contributed by atoms with E-state index in [0.717, 1.165) is 19.6 Å². The van der Waals surface area contributed by atoms with E-state index in [1.165, 1.54) is 12.8 Å². The molecule has 4 heteroatoms. The number of benzene rings is 1. The molecule has 2 rings (SSSR count). The van der Waals surface area contributed by atoms with E-state index in [9.17, 15) is 10.2 Å². The molecule has 0 aliphatic carbocycles. The Morgan fingerprint density at radius 2 is 1.71 bits per heavy atom. The van der Waals surface area contributed by atoms with Gasteiger partial charge in [-0.25, -0.2) is 0 Å². The van der Waals surface area contributed by atoms with Gasteiger partial charge in [0, 0.05) is 18.6 Å². The average molecular weight is 292 g/mol. The summed E-state index contributed by atoms with van der Waals surface area (Å²) < 4.78 is 0. The van der Waals surface area contributed by atoms with E-state index in [0.29, 0.717) is 17.5 Å².